The van der Waals surface area contributed by atoms with Crippen LogP contribution in [0.1, 0.15) is 21.5 Å². The minimum absolute atomic E-state index is 0.175. The Hall–Kier alpha value is -1.69. The van der Waals surface area contributed by atoms with Crippen LogP contribution in [0.2, 0.25) is 10.0 Å². The molecule has 2 aromatic rings. The molecule has 0 aliphatic rings. The van der Waals surface area contributed by atoms with Crippen LogP contribution >= 0.6 is 35.0 Å². The highest BCUT2D eigenvalue weighted by Crippen LogP contribution is 2.25. The summed E-state index contributed by atoms with van der Waals surface area (Å²) < 4.78 is 0. The van der Waals surface area contributed by atoms with E-state index in [2.05, 4.69) is 10.6 Å². The summed E-state index contributed by atoms with van der Waals surface area (Å²) in [5.41, 5.74) is 2.71. The average Bonchev–Trinajstić information content (AvgIpc) is 2.56. The van der Waals surface area contributed by atoms with Crippen molar-refractivity contribution in [3.05, 3.63) is 63.1 Å². The van der Waals surface area contributed by atoms with E-state index in [0.717, 1.165) is 11.1 Å². The Morgan fingerprint density at radius 2 is 1.92 bits per heavy atom. The van der Waals surface area contributed by atoms with Gasteiger partial charge in [-0.3, -0.25) is 9.59 Å². The molecule has 0 bridgehead atoms. The molecule has 2 N–H and O–H groups in total. The lowest BCUT2D eigenvalue weighted by Crippen LogP contribution is -2.23. The zero-order valence-electron chi connectivity index (χ0n) is 13.9. The Kier molecular flexibility index (Phi) is 7.17. The molecular weight excluding hydrogens is 379 g/mol. The second-order valence-electron chi connectivity index (χ2n) is 5.35. The fourth-order valence-corrected chi connectivity index (χ4v) is 3.66. The number of aryl methyl sites for hydroxylation is 1. The molecule has 0 heterocycles. The summed E-state index contributed by atoms with van der Waals surface area (Å²) in [6.07, 6.45) is 0. The number of halogens is 2. The Morgan fingerprint density at radius 1 is 1.16 bits per heavy atom. The highest BCUT2D eigenvalue weighted by atomic mass is 35.5. The first-order valence-electron chi connectivity index (χ1n) is 7.55. The Balaban J connectivity index is 1.97. The van der Waals surface area contributed by atoms with E-state index in [1.807, 2.05) is 19.1 Å². The molecule has 7 heteroatoms. The molecule has 132 valence electrons. The van der Waals surface area contributed by atoms with Gasteiger partial charge in [0.2, 0.25) is 5.91 Å². The van der Waals surface area contributed by atoms with Crippen molar-refractivity contribution in [1.29, 1.82) is 0 Å². The normalized spacial score (nSPS) is 10.4. The van der Waals surface area contributed by atoms with Gasteiger partial charge in [0.15, 0.2) is 0 Å². The summed E-state index contributed by atoms with van der Waals surface area (Å²) in [4.78, 5) is 24.2. The molecule has 0 saturated heterocycles. The van der Waals surface area contributed by atoms with Crippen molar-refractivity contribution >= 4 is 52.5 Å². The van der Waals surface area contributed by atoms with Gasteiger partial charge in [0.25, 0.3) is 5.91 Å². The number of amides is 2. The lowest BCUT2D eigenvalue weighted by Gasteiger charge is -2.12. The second kappa shape index (κ2) is 9.13. The Bertz CT molecular complexity index is 797. The van der Waals surface area contributed by atoms with E-state index < -0.39 is 0 Å². The van der Waals surface area contributed by atoms with Gasteiger partial charge in [-0.2, -0.15) is 0 Å². The van der Waals surface area contributed by atoms with E-state index >= 15 is 0 Å². The first kappa shape index (κ1) is 19.6. The van der Waals surface area contributed by atoms with Crippen molar-refractivity contribution in [3.8, 4) is 0 Å². The number of hydrogen-bond acceptors (Lipinski definition) is 3. The number of hydrogen-bond donors (Lipinski definition) is 2. The summed E-state index contributed by atoms with van der Waals surface area (Å²) in [6, 6.07) is 10.7. The van der Waals surface area contributed by atoms with E-state index in [1.165, 1.54) is 11.8 Å². The van der Waals surface area contributed by atoms with E-state index in [0.29, 0.717) is 27.0 Å². The molecule has 0 atom stereocenters. The molecule has 2 amide bonds. The first-order valence-corrected chi connectivity index (χ1v) is 9.46. The van der Waals surface area contributed by atoms with Crippen LogP contribution in [0.3, 0.4) is 0 Å². The fourth-order valence-electron chi connectivity index (χ4n) is 2.28. The maximum absolute atomic E-state index is 12.2. The van der Waals surface area contributed by atoms with E-state index in [4.69, 9.17) is 23.2 Å². The van der Waals surface area contributed by atoms with Gasteiger partial charge in [-0.25, -0.2) is 0 Å². The maximum atomic E-state index is 12.2. The van der Waals surface area contributed by atoms with E-state index in [9.17, 15) is 9.59 Å². The molecule has 0 aromatic heterocycles. The molecule has 0 aliphatic carbocycles. The molecule has 25 heavy (non-hydrogen) atoms. The lowest BCUT2D eigenvalue weighted by molar-refractivity contribution is -0.113. The summed E-state index contributed by atoms with van der Waals surface area (Å²) in [5.74, 6) is 0.444. The van der Waals surface area contributed by atoms with Crippen LogP contribution in [0.25, 0.3) is 0 Å². The molecule has 2 aromatic carbocycles. The van der Waals surface area contributed by atoms with Crippen molar-refractivity contribution in [3.63, 3.8) is 0 Å². The van der Waals surface area contributed by atoms with Crippen LogP contribution in [-0.4, -0.2) is 24.6 Å². The third-order valence-electron chi connectivity index (χ3n) is 3.51. The predicted octanol–water partition coefficient (Wildman–Crippen LogP) is 4.53. The largest absolute Gasteiger partial charge is 0.355 e. The molecule has 0 saturated carbocycles. The van der Waals surface area contributed by atoms with Crippen molar-refractivity contribution in [2.24, 2.45) is 0 Å². The molecule has 0 unspecified atom stereocenters. The number of rotatable bonds is 6. The highest BCUT2D eigenvalue weighted by Gasteiger charge is 2.15. The van der Waals surface area contributed by atoms with Gasteiger partial charge >= 0.3 is 0 Å². The van der Waals surface area contributed by atoms with Gasteiger partial charge in [0.1, 0.15) is 0 Å². The summed E-state index contributed by atoms with van der Waals surface area (Å²) >= 11 is 13.4. The zero-order chi connectivity index (χ0) is 18.4. The topological polar surface area (TPSA) is 58.2 Å². The quantitative estimate of drug-likeness (QED) is 0.753. The number of carbonyl (C=O) groups is 2. The van der Waals surface area contributed by atoms with Gasteiger partial charge in [-0.1, -0.05) is 41.4 Å². The van der Waals surface area contributed by atoms with Crippen LogP contribution in [0.4, 0.5) is 5.69 Å². The standard InChI is InChI=1S/C18H18Cl2N2O2S/c1-11-4-3-5-15(17(11)18(24)21-2)22-16(23)10-25-9-12-6-7-13(19)8-14(12)20/h3-8H,9-10H2,1-2H3,(H,21,24)(H,22,23). The van der Waals surface area contributed by atoms with Crippen molar-refractivity contribution in [2.45, 2.75) is 12.7 Å². The minimum atomic E-state index is -0.228. The predicted molar refractivity (Wildman–Crippen MR) is 106 cm³/mol. The fraction of sp³-hybridized carbons (Fsp3) is 0.222. The Labute approximate surface area is 161 Å². The monoisotopic (exact) mass is 396 g/mol. The van der Waals surface area contributed by atoms with Crippen molar-refractivity contribution in [2.75, 3.05) is 18.1 Å². The zero-order valence-corrected chi connectivity index (χ0v) is 16.2. The molecule has 0 radical (unpaired) electrons. The number of thioether (sulfide) groups is 1. The van der Waals surface area contributed by atoms with Crippen LogP contribution in [0.15, 0.2) is 36.4 Å². The van der Waals surface area contributed by atoms with Gasteiger partial charge < -0.3 is 10.6 Å². The number of nitrogens with one attached hydrogen (secondary N) is 2. The van der Waals surface area contributed by atoms with E-state index in [1.54, 1.807) is 31.3 Å². The van der Waals surface area contributed by atoms with Gasteiger partial charge in [-0.05, 0) is 36.2 Å². The number of carbonyl (C=O) groups excluding carboxylic acids is 2. The van der Waals surface area contributed by atoms with Crippen LogP contribution in [-0.2, 0) is 10.5 Å². The van der Waals surface area contributed by atoms with Gasteiger partial charge in [-0.15, -0.1) is 11.8 Å². The minimum Gasteiger partial charge on any atom is -0.355 e. The smallest absolute Gasteiger partial charge is 0.253 e. The van der Waals surface area contributed by atoms with Crippen LogP contribution < -0.4 is 10.6 Å². The molecule has 0 fully saturated rings. The first-order chi connectivity index (χ1) is 11.9. The lowest BCUT2D eigenvalue weighted by atomic mass is 10.1. The molecular formula is C18H18Cl2N2O2S. The summed E-state index contributed by atoms with van der Waals surface area (Å²) in [6.45, 7) is 1.83. The van der Waals surface area contributed by atoms with Gasteiger partial charge in [0, 0.05) is 22.8 Å². The summed E-state index contributed by atoms with van der Waals surface area (Å²) in [5, 5.41) is 6.56. The van der Waals surface area contributed by atoms with Crippen LogP contribution in [0, 0.1) is 6.92 Å². The molecule has 2 rings (SSSR count). The summed E-state index contributed by atoms with van der Waals surface area (Å²) in [7, 11) is 1.56. The highest BCUT2D eigenvalue weighted by molar-refractivity contribution is 7.99. The molecule has 4 nitrogen and oxygen atoms in total. The SMILES string of the molecule is CNC(=O)c1c(C)cccc1NC(=O)CSCc1ccc(Cl)cc1Cl. The maximum Gasteiger partial charge on any atom is 0.253 e. The second-order valence-corrected chi connectivity index (χ2v) is 7.18. The average molecular weight is 397 g/mol. The third kappa shape index (κ3) is 5.39. The molecule has 0 aliphatic heterocycles. The van der Waals surface area contributed by atoms with E-state index in [-0.39, 0.29) is 17.6 Å². The number of anilines is 1. The van der Waals surface area contributed by atoms with Crippen LogP contribution in [0.5, 0.6) is 0 Å². The van der Waals surface area contributed by atoms with Crippen molar-refractivity contribution in [1.82, 2.24) is 5.32 Å². The van der Waals surface area contributed by atoms with Crippen molar-refractivity contribution < 1.29 is 9.59 Å². The Morgan fingerprint density at radius 3 is 2.60 bits per heavy atom. The number of benzene rings is 2. The third-order valence-corrected chi connectivity index (χ3v) is 5.08. The molecule has 0 spiro atoms. The van der Waals surface area contributed by atoms with Gasteiger partial charge in [0.05, 0.1) is 17.0 Å².